The molecule has 0 aliphatic carbocycles. The number of hydrogen-bond donors (Lipinski definition) is 1. The van der Waals surface area contributed by atoms with E-state index in [-0.39, 0.29) is 5.91 Å². The zero-order valence-corrected chi connectivity index (χ0v) is 15.1. The molecule has 3 rings (SSSR count). The van der Waals surface area contributed by atoms with Gasteiger partial charge in [-0.1, -0.05) is 30.3 Å². The zero-order valence-electron chi connectivity index (χ0n) is 14.2. The van der Waals surface area contributed by atoms with Crippen molar-refractivity contribution in [3.8, 4) is 0 Å². The summed E-state index contributed by atoms with van der Waals surface area (Å²) in [5.41, 5.74) is 2.29. The number of benzene rings is 1. The number of nitrogens with one attached hydrogen (secondary N) is 1. The number of thiazole rings is 1. The summed E-state index contributed by atoms with van der Waals surface area (Å²) in [5.74, 6) is 0.614. The van der Waals surface area contributed by atoms with Gasteiger partial charge in [-0.25, -0.2) is 4.98 Å². The van der Waals surface area contributed by atoms with Crippen molar-refractivity contribution in [1.29, 1.82) is 0 Å². The number of aromatic nitrogens is 1. The molecule has 1 N–H and O–H groups in total. The van der Waals surface area contributed by atoms with Gasteiger partial charge in [0.05, 0.1) is 18.8 Å². The minimum absolute atomic E-state index is 0.0723. The Labute approximate surface area is 147 Å². The number of carbonyl (C=O) groups is 1. The minimum atomic E-state index is 0.0723. The molecule has 0 unspecified atom stereocenters. The highest BCUT2D eigenvalue weighted by atomic mass is 32.1. The fourth-order valence-corrected chi connectivity index (χ4v) is 3.76. The Bertz CT molecular complexity index is 671. The smallest absolute Gasteiger partial charge is 0.234 e. The third-order valence-electron chi connectivity index (χ3n) is 4.30. The molecule has 1 aromatic heterocycles. The van der Waals surface area contributed by atoms with Gasteiger partial charge in [-0.2, -0.15) is 0 Å². The summed E-state index contributed by atoms with van der Waals surface area (Å²) in [5, 5.41) is 5.94. The molecule has 2 aromatic rings. The summed E-state index contributed by atoms with van der Waals surface area (Å²) >= 11 is 1.59. The van der Waals surface area contributed by atoms with Crippen LogP contribution >= 0.6 is 11.3 Å². The summed E-state index contributed by atoms with van der Waals surface area (Å²) in [6.07, 6.45) is 1.12. The second-order valence-corrected chi connectivity index (χ2v) is 7.26. The second-order valence-electron chi connectivity index (χ2n) is 6.42. The molecular weight excluding hydrogens is 320 g/mol. The lowest BCUT2D eigenvalue weighted by Gasteiger charge is -2.15. The van der Waals surface area contributed by atoms with E-state index >= 15 is 0 Å². The number of anilines is 1. The highest BCUT2D eigenvalue weighted by molar-refractivity contribution is 7.13. The molecule has 5 nitrogen and oxygen atoms in total. The topological polar surface area (TPSA) is 48.5 Å². The molecule has 0 spiro atoms. The number of likely N-dealkylation sites (tertiary alicyclic amines) is 1. The van der Waals surface area contributed by atoms with Crippen LogP contribution in [0.4, 0.5) is 5.13 Å². The Balaban J connectivity index is 1.44. The molecule has 24 heavy (non-hydrogen) atoms. The fourth-order valence-electron chi connectivity index (χ4n) is 3.00. The predicted molar refractivity (Wildman–Crippen MR) is 98.5 cm³/mol. The Morgan fingerprint density at radius 3 is 2.88 bits per heavy atom. The maximum Gasteiger partial charge on any atom is 0.234 e. The molecule has 0 bridgehead atoms. The van der Waals surface area contributed by atoms with Crippen molar-refractivity contribution < 1.29 is 4.79 Å². The molecule has 1 aromatic carbocycles. The summed E-state index contributed by atoms with van der Waals surface area (Å²) < 4.78 is 0. The SMILES string of the molecule is CN(C)c1nc(CNC(=O)CN2CC[C@@H](c3ccccc3)C2)cs1. The van der Waals surface area contributed by atoms with E-state index in [0.717, 1.165) is 30.3 Å². The third kappa shape index (κ3) is 4.33. The monoisotopic (exact) mass is 344 g/mol. The van der Waals surface area contributed by atoms with E-state index in [1.54, 1.807) is 11.3 Å². The van der Waals surface area contributed by atoms with Gasteiger partial charge in [-0.3, -0.25) is 9.69 Å². The lowest BCUT2D eigenvalue weighted by molar-refractivity contribution is -0.122. The van der Waals surface area contributed by atoms with Gasteiger partial charge in [0.2, 0.25) is 5.91 Å². The summed E-state index contributed by atoms with van der Waals surface area (Å²) in [6.45, 7) is 2.90. The first-order chi connectivity index (χ1) is 11.6. The zero-order chi connectivity index (χ0) is 16.9. The molecule has 1 aliphatic rings. The molecule has 0 radical (unpaired) electrons. The van der Waals surface area contributed by atoms with Crippen molar-refractivity contribution in [1.82, 2.24) is 15.2 Å². The maximum absolute atomic E-state index is 12.2. The first kappa shape index (κ1) is 16.9. The van der Waals surface area contributed by atoms with Crippen LogP contribution in [0, 0.1) is 0 Å². The molecule has 128 valence electrons. The van der Waals surface area contributed by atoms with Crippen molar-refractivity contribution in [3.05, 3.63) is 47.0 Å². The maximum atomic E-state index is 12.2. The van der Waals surface area contributed by atoms with E-state index in [1.165, 1.54) is 5.56 Å². The van der Waals surface area contributed by atoms with Gasteiger partial charge in [0, 0.05) is 26.0 Å². The van der Waals surface area contributed by atoms with E-state index in [4.69, 9.17) is 0 Å². The normalized spacial score (nSPS) is 17.8. The first-order valence-corrected chi connectivity index (χ1v) is 9.15. The van der Waals surface area contributed by atoms with Crippen LogP contribution in [0.5, 0.6) is 0 Å². The number of hydrogen-bond acceptors (Lipinski definition) is 5. The number of carbonyl (C=O) groups excluding carboxylic acids is 1. The van der Waals surface area contributed by atoms with Crippen molar-refractivity contribution in [2.45, 2.75) is 18.9 Å². The van der Waals surface area contributed by atoms with E-state index < -0.39 is 0 Å². The van der Waals surface area contributed by atoms with E-state index in [1.807, 2.05) is 30.4 Å². The second kappa shape index (κ2) is 7.77. The largest absolute Gasteiger partial charge is 0.354 e. The van der Waals surface area contributed by atoms with E-state index in [9.17, 15) is 4.79 Å². The van der Waals surface area contributed by atoms with Crippen LogP contribution in [0.1, 0.15) is 23.6 Å². The minimum Gasteiger partial charge on any atom is -0.354 e. The number of rotatable bonds is 6. The van der Waals surface area contributed by atoms with E-state index in [2.05, 4.69) is 39.5 Å². The Hall–Kier alpha value is -1.92. The summed E-state index contributed by atoms with van der Waals surface area (Å²) in [6, 6.07) is 10.6. The molecule has 1 amide bonds. The lowest BCUT2D eigenvalue weighted by atomic mass is 9.99. The Morgan fingerprint density at radius 1 is 1.38 bits per heavy atom. The lowest BCUT2D eigenvalue weighted by Crippen LogP contribution is -2.35. The van der Waals surface area contributed by atoms with Crippen molar-refractivity contribution >= 4 is 22.4 Å². The van der Waals surface area contributed by atoms with Gasteiger partial charge in [0.1, 0.15) is 0 Å². The first-order valence-electron chi connectivity index (χ1n) is 8.27. The van der Waals surface area contributed by atoms with Crippen LogP contribution < -0.4 is 10.2 Å². The highest BCUT2D eigenvalue weighted by Crippen LogP contribution is 2.26. The molecule has 1 aliphatic heterocycles. The fraction of sp³-hybridized carbons (Fsp3) is 0.444. The summed E-state index contributed by atoms with van der Waals surface area (Å²) in [4.78, 5) is 20.9. The molecule has 6 heteroatoms. The predicted octanol–water partition coefficient (Wildman–Crippen LogP) is 2.31. The van der Waals surface area contributed by atoms with Gasteiger partial charge in [-0.05, 0) is 24.4 Å². The van der Waals surface area contributed by atoms with Gasteiger partial charge < -0.3 is 10.2 Å². The van der Waals surface area contributed by atoms with Crippen LogP contribution in [-0.2, 0) is 11.3 Å². The van der Waals surface area contributed by atoms with Crippen LogP contribution in [0.3, 0.4) is 0 Å². The van der Waals surface area contributed by atoms with Gasteiger partial charge in [0.15, 0.2) is 5.13 Å². The van der Waals surface area contributed by atoms with Gasteiger partial charge in [-0.15, -0.1) is 11.3 Å². The molecule has 1 fully saturated rings. The van der Waals surface area contributed by atoms with Crippen molar-refractivity contribution in [3.63, 3.8) is 0 Å². The molecule has 2 heterocycles. The molecule has 1 saturated heterocycles. The third-order valence-corrected chi connectivity index (χ3v) is 5.36. The standard InChI is InChI=1S/C18H24N4OS/c1-21(2)18-20-16(13-24-18)10-19-17(23)12-22-9-8-15(11-22)14-6-4-3-5-7-14/h3-7,13,15H,8-12H2,1-2H3,(H,19,23)/t15-/m1/s1. The van der Waals surface area contributed by atoms with Crippen LogP contribution in [0.25, 0.3) is 0 Å². The Kier molecular flexibility index (Phi) is 5.48. The molecular formula is C18H24N4OS. The van der Waals surface area contributed by atoms with Crippen molar-refractivity contribution in [2.75, 3.05) is 38.6 Å². The van der Waals surface area contributed by atoms with Crippen molar-refractivity contribution in [2.24, 2.45) is 0 Å². The number of amides is 1. The van der Waals surface area contributed by atoms with E-state index in [0.29, 0.717) is 19.0 Å². The molecule has 1 atom stereocenters. The summed E-state index contributed by atoms with van der Waals surface area (Å²) in [7, 11) is 3.94. The highest BCUT2D eigenvalue weighted by Gasteiger charge is 2.24. The molecule has 0 saturated carbocycles. The quantitative estimate of drug-likeness (QED) is 0.874. The van der Waals surface area contributed by atoms with Crippen LogP contribution in [0.15, 0.2) is 35.7 Å². The Morgan fingerprint density at radius 2 is 2.17 bits per heavy atom. The average molecular weight is 344 g/mol. The van der Waals surface area contributed by atoms with Gasteiger partial charge >= 0.3 is 0 Å². The van der Waals surface area contributed by atoms with Crippen LogP contribution in [-0.4, -0.2) is 49.5 Å². The number of nitrogens with zero attached hydrogens (tertiary/aromatic N) is 3. The average Bonchev–Trinajstić information content (AvgIpc) is 3.23. The van der Waals surface area contributed by atoms with Gasteiger partial charge in [0.25, 0.3) is 0 Å². The van der Waals surface area contributed by atoms with Crippen LogP contribution in [0.2, 0.25) is 0 Å².